The van der Waals surface area contributed by atoms with Gasteiger partial charge in [0.2, 0.25) is 5.91 Å². The molecule has 0 radical (unpaired) electrons. The molecular formula is C15H26N4O2. The van der Waals surface area contributed by atoms with E-state index in [-0.39, 0.29) is 12.0 Å². The molecule has 0 aromatic heterocycles. The molecule has 1 aliphatic heterocycles. The molecule has 2 aliphatic rings. The van der Waals surface area contributed by atoms with Gasteiger partial charge in [0.25, 0.3) is 0 Å². The monoisotopic (exact) mass is 294 g/mol. The predicted octanol–water partition coefficient (Wildman–Crippen LogP) is 0.331. The Morgan fingerprint density at radius 3 is 2.81 bits per heavy atom. The zero-order chi connectivity index (χ0) is 15.3. The zero-order valence-electron chi connectivity index (χ0n) is 12.9. The summed E-state index contributed by atoms with van der Waals surface area (Å²) in [6.07, 6.45) is 4.81. The van der Waals surface area contributed by atoms with Crippen molar-refractivity contribution in [3.8, 4) is 6.07 Å². The van der Waals surface area contributed by atoms with E-state index in [4.69, 9.17) is 10.5 Å². The fourth-order valence-electron chi connectivity index (χ4n) is 3.26. The first kappa shape index (κ1) is 16.2. The molecule has 0 aromatic rings. The third-order valence-corrected chi connectivity index (χ3v) is 4.75. The lowest BCUT2D eigenvalue weighted by Gasteiger charge is -2.40. The average Bonchev–Trinajstić information content (AvgIpc) is 2.54. The van der Waals surface area contributed by atoms with Gasteiger partial charge in [-0.2, -0.15) is 5.26 Å². The Balaban J connectivity index is 1.94. The van der Waals surface area contributed by atoms with Crippen LogP contribution in [0, 0.1) is 11.3 Å². The van der Waals surface area contributed by atoms with E-state index < -0.39 is 5.54 Å². The van der Waals surface area contributed by atoms with Crippen LogP contribution in [0.5, 0.6) is 0 Å². The molecule has 6 heteroatoms. The number of nitrogens with two attached hydrogens (primary N) is 1. The molecule has 0 spiro atoms. The molecule has 1 saturated heterocycles. The van der Waals surface area contributed by atoms with Gasteiger partial charge in [-0.1, -0.05) is 19.3 Å². The SMILES string of the molecule is CN(C(=O)CN1CCOC(CN)C1)C1(C#N)CCCCC1. The second kappa shape index (κ2) is 7.21. The van der Waals surface area contributed by atoms with Crippen LogP contribution in [0.25, 0.3) is 0 Å². The van der Waals surface area contributed by atoms with Crippen LogP contribution in [0.15, 0.2) is 0 Å². The highest BCUT2D eigenvalue weighted by Gasteiger charge is 2.39. The first-order valence-corrected chi connectivity index (χ1v) is 7.83. The van der Waals surface area contributed by atoms with Crippen molar-refractivity contribution in [2.45, 2.75) is 43.7 Å². The Hall–Kier alpha value is -1.16. The Bertz CT molecular complexity index is 401. The van der Waals surface area contributed by atoms with Gasteiger partial charge >= 0.3 is 0 Å². The highest BCUT2D eigenvalue weighted by atomic mass is 16.5. The van der Waals surface area contributed by atoms with Crippen molar-refractivity contribution in [2.24, 2.45) is 5.73 Å². The Labute approximate surface area is 126 Å². The molecule has 0 aromatic carbocycles. The molecular weight excluding hydrogens is 268 g/mol. The standard InChI is InChI=1S/C15H26N4O2/c1-18(15(12-17)5-3-2-4-6-15)14(20)11-19-7-8-21-13(9-16)10-19/h13H,2-11,16H2,1H3. The van der Waals surface area contributed by atoms with E-state index in [9.17, 15) is 10.1 Å². The molecule has 118 valence electrons. The van der Waals surface area contributed by atoms with E-state index in [2.05, 4.69) is 11.0 Å². The van der Waals surface area contributed by atoms with Crippen LogP contribution >= 0.6 is 0 Å². The molecule has 1 atom stereocenters. The van der Waals surface area contributed by atoms with Crippen LogP contribution in [-0.4, -0.2) is 67.2 Å². The summed E-state index contributed by atoms with van der Waals surface area (Å²) in [5, 5.41) is 9.55. The maximum Gasteiger partial charge on any atom is 0.237 e. The number of carbonyl (C=O) groups is 1. The molecule has 1 unspecified atom stereocenters. The number of carbonyl (C=O) groups excluding carboxylic acids is 1. The van der Waals surface area contributed by atoms with E-state index in [1.807, 2.05) is 0 Å². The summed E-state index contributed by atoms with van der Waals surface area (Å²) < 4.78 is 5.51. The van der Waals surface area contributed by atoms with Gasteiger partial charge < -0.3 is 15.4 Å². The normalized spacial score (nSPS) is 26.0. The lowest BCUT2D eigenvalue weighted by atomic mass is 9.81. The number of ether oxygens (including phenoxy) is 1. The quantitative estimate of drug-likeness (QED) is 0.808. The third kappa shape index (κ3) is 3.73. The predicted molar refractivity (Wildman–Crippen MR) is 79.4 cm³/mol. The van der Waals surface area contributed by atoms with Crippen molar-refractivity contribution in [3.63, 3.8) is 0 Å². The zero-order valence-corrected chi connectivity index (χ0v) is 12.9. The van der Waals surface area contributed by atoms with Gasteiger partial charge in [0.05, 0.1) is 25.3 Å². The summed E-state index contributed by atoms with van der Waals surface area (Å²) >= 11 is 0. The minimum absolute atomic E-state index is 0.0106. The van der Waals surface area contributed by atoms with E-state index in [1.165, 1.54) is 0 Å². The average molecular weight is 294 g/mol. The minimum atomic E-state index is -0.602. The van der Waals surface area contributed by atoms with Crippen LogP contribution in [0.1, 0.15) is 32.1 Å². The molecule has 1 heterocycles. The Kier molecular flexibility index (Phi) is 5.57. The third-order valence-electron chi connectivity index (χ3n) is 4.75. The molecule has 0 bridgehead atoms. The first-order chi connectivity index (χ1) is 10.1. The molecule has 1 saturated carbocycles. The summed E-state index contributed by atoms with van der Waals surface area (Å²) in [5.74, 6) is 0.0242. The fourth-order valence-corrected chi connectivity index (χ4v) is 3.26. The maximum absolute atomic E-state index is 12.5. The number of nitrogens with zero attached hydrogens (tertiary/aromatic N) is 3. The highest BCUT2D eigenvalue weighted by molar-refractivity contribution is 5.79. The number of hydrogen-bond donors (Lipinski definition) is 1. The molecule has 2 fully saturated rings. The summed E-state index contributed by atoms with van der Waals surface area (Å²) in [6.45, 7) is 2.87. The van der Waals surface area contributed by atoms with Crippen molar-refractivity contribution < 1.29 is 9.53 Å². The second-order valence-corrected chi connectivity index (χ2v) is 6.12. The molecule has 21 heavy (non-hydrogen) atoms. The molecule has 2 rings (SSSR count). The molecule has 6 nitrogen and oxygen atoms in total. The minimum Gasteiger partial charge on any atom is -0.374 e. The molecule has 1 amide bonds. The van der Waals surface area contributed by atoms with E-state index >= 15 is 0 Å². The summed E-state index contributed by atoms with van der Waals surface area (Å²) in [5.41, 5.74) is 5.02. The van der Waals surface area contributed by atoms with Crippen molar-refractivity contribution in [1.29, 1.82) is 5.26 Å². The largest absolute Gasteiger partial charge is 0.374 e. The number of morpholine rings is 1. The van der Waals surface area contributed by atoms with Gasteiger partial charge in [0, 0.05) is 26.7 Å². The van der Waals surface area contributed by atoms with Crippen molar-refractivity contribution in [2.75, 3.05) is 39.8 Å². The van der Waals surface area contributed by atoms with Gasteiger partial charge in [-0.3, -0.25) is 9.69 Å². The van der Waals surface area contributed by atoms with Gasteiger partial charge in [-0.15, -0.1) is 0 Å². The molecule has 1 aliphatic carbocycles. The first-order valence-electron chi connectivity index (χ1n) is 7.83. The number of amides is 1. The maximum atomic E-state index is 12.5. The van der Waals surface area contributed by atoms with Crippen molar-refractivity contribution >= 4 is 5.91 Å². The van der Waals surface area contributed by atoms with E-state index in [0.717, 1.165) is 38.6 Å². The Morgan fingerprint density at radius 1 is 1.48 bits per heavy atom. The molecule has 2 N–H and O–H groups in total. The topological polar surface area (TPSA) is 82.6 Å². The number of nitriles is 1. The summed E-state index contributed by atoms with van der Waals surface area (Å²) in [7, 11) is 1.78. The van der Waals surface area contributed by atoms with Crippen LogP contribution in [0.4, 0.5) is 0 Å². The van der Waals surface area contributed by atoms with Gasteiger partial charge in [-0.05, 0) is 12.8 Å². The number of likely N-dealkylation sites (N-methyl/N-ethyl adjacent to an activating group) is 1. The lowest BCUT2D eigenvalue weighted by Crippen LogP contribution is -2.54. The number of hydrogen-bond acceptors (Lipinski definition) is 5. The highest BCUT2D eigenvalue weighted by Crippen LogP contribution is 2.32. The van der Waals surface area contributed by atoms with Crippen molar-refractivity contribution in [3.05, 3.63) is 0 Å². The van der Waals surface area contributed by atoms with Crippen LogP contribution in [0.2, 0.25) is 0 Å². The second-order valence-electron chi connectivity index (χ2n) is 6.12. The lowest BCUT2D eigenvalue weighted by molar-refractivity contribution is -0.137. The van der Waals surface area contributed by atoms with Crippen LogP contribution < -0.4 is 5.73 Å². The van der Waals surface area contributed by atoms with Gasteiger partial charge in [-0.25, -0.2) is 0 Å². The number of rotatable bonds is 4. The summed E-state index contributed by atoms with van der Waals surface area (Å²) in [6, 6.07) is 2.40. The van der Waals surface area contributed by atoms with Crippen LogP contribution in [-0.2, 0) is 9.53 Å². The van der Waals surface area contributed by atoms with E-state index in [1.54, 1.807) is 11.9 Å². The smallest absolute Gasteiger partial charge is 0.237 e. The van der Waals surface area contributed by atoms with Gasteiger partial charge in [0.15, 0.2) is 0 Å². The van der Waals surface area contributed by atoms with Crippen molar-refractivity contribution in [1.82, 2.24) is 9.80 Å². The Morgan fingerprint density at radius 2 is 2.19 bits per heavy atom. The van der Waals surface area contributed by atoms with Gasteiger partial charge in [0.1, 0.15) is 5.54 Å². The van der Waals surface area contributed by atoms with E-state index in [0.29, 0.717) is 26.2 Å². The van der Waals surface area contributed by atoms with Crippen LogP contribution in [0.3, 0.4) is 0 Å². The summed E-state index contributed by atoms with van der Waals surface area (Å²) in [4.78, 5) is 16.3. The fraction of sp³-hybridized carbons (Fsp3) is 0.867.